The number of halogens is 1. The zero-order chi connectivity index (χ0) is 18.7. The molecule has 136 valence electrons. The number of amides is 2. The molecule has 0 bridgehead atoms. The Balaban J connectivity index is 1.63. The van der Waals surface area contributed by atoms with E-state index in [4.69, 9.17) is 4.74 Å². The number of nitrogens with zero attached hydrogens (tertiary/aromatic N) is 1. The molecule has 0 aliphatic carbocycles. The average Bonchev–Trinajstić information content (AvgIpc) is 3.04. The molecule has 6 heteroatoms. The third-order valence-electron chi connectivity index (χ3n) is 4.61. The smallest absolute Gasteiger partial charge is 0.227 e. The summed E-state index contributed by atoms with van der Waals surface area (Å²) in [5.74, 6) is -0.268. The lowest BCUT2D eigenvalue weighted by molar-refractivity contribution is -0.126. The van der Waals surface area contributed by atoms with Crippen LogP contribution in [-0.2, 0) is 9.59 Å². The van der Waals surface area contributed by atoms with Crippen molar-refractivity contribution in [1.82, 2.24) is 5.32 Å². The van der Waals surface area contributed by atoms with Crippen molar-refractivity contribution < 1.29 is 18.7 Å². The summed E-state index contributed by atoms with van der Waals surface area (Å²) < 4.78 is 18.1. The fourth-order valence-corrected chi connectivity index (χ4v) is 3.06. The van der Waals surface area contributed by atoms with Crippen LogP contribution >= 0.6 is 0 Å². The zero-order valence-corrected chi connectivity index (χ0v) is 14.7. The van der Waals surface area contributed by atoms with Crippen LogP contribution in [0.4, 0.5) is 10.1 Å². The van der Waals surface area contributed by atoms with Crippen LogP contribution in [0.3, 0.4) is 0 Å². The van der Waals surface area contributed by atoms with Gasteiger partial charge in [-0.15, -0.1) is 0 Å². The Hall–Kier alpha value is -2.89. The first-order valence-corrected chi connectivity index (χ1v) is 8.48. The highest BCUT2D eigenvalue weighted by molar-refractivity contribution is 6.00. The molecule has 2 aromatic carbocycles. The Morgan fingerprint density at radius 1 is 1.19 bits per heavy atom. The van der Waals surface area contributed by atoms with Crippen LogP contribution in [-0.4, -0.2) is 25.5 Å². The Kier molecular flexibility index (Phi) is 5.21. The summed E-state index contributed by atoms with van der Waals surface area (Å²) in [5.41, 5.74) is 1.56. The van der Waals surface area contributed by atoms with Crippen molar-refractivity contribution in [3.8, 4) is 5.75 Å². The third-order valence-corrected chi connectivity index (χ3v) is 4.61. The number of hydrogen-bond donors (Lipinski definition) is 1. The average molecular weight is 356 g/mol. The van der Waals surface area contributed by atoms with Gasteiger partial charge in [-0.1, -0.05) is 12.1 Å². The number of rotatable bonds is 5. The lowest BCUT2D eigenvalue weighted by Gasteiger charge is -2.19. The highest BCUT2D eigenvalue weighted by Crippen LogP contribution is 2.27. The predicted molar refractivity (Wildman–Crippen MR) is 96.4 cm³/mol. The summed E-state index contributed by atoms with van der Waals surface area (Å²) in [7, 11) is 1.58. The SMILES string of the molecule is COc1ccc(N2C[C@H](C(=O)N[C@H](C)c3ccc(F)cc3)CC2=O)cc1. The van der Waals surface area contributed by atoms with Gasteiger partial charge in [0.05, 0.1) is 19.1 Å². The molecule has 0 saturated carbocycles. The van der Waals surface area contributed by atoms with Gasteiger partial charge in [-0.2, -0.15) is 0 Å². The molecule has 1 aliphatic rings. The molecule has 0 unspecified atom stereocenters. The molecule has 0 spiro atoms. The van der Waals surface area contributed by atoms with Crippen LogP contribution in [0.5, 0.6) is 5.75 Å². The molecule has 26 heavy (non-hydrogen) atoms. The number of nitrogens with one attached hydrogen (secondary N) is 1. The van der Waals surface area contributed by atoms with E-state index in [1.54, 1.807) is 48.4 Å². The molecule has 2 atom stereocenters. The van der Waals surface area contributed by atoms with Gasteiger partial charge in [-0.05, 0) is 48.9 Å². The second-order valence-corrected chi connectivity index (χ2v) is 6.39. The summed E-state index contributed by atoms with van der Waals surface area (Å²) in [6, 6.07) is 12.9. The minimum absolute atomic E-state index is 0.0789. The summed E-state index contributed by atoms with van der Waals surface area (Å²) >= 11 is 0. The minimum Gasteiger partial charge on any atom is -0.497 e. The molecule has 2 amide bonds. The van der Waals surface area contributed by atoms with E-state index in [0.29, 0.717) is 12.3 Å². The van der Waals surface area contributed by atoms with Gasteiger partial charge in [0, 0.05) is 18.7 Å². The van der Waals surface area contributed by atoms with E-state index >= 15 is 0 Å². The van der Waals surface area contributed by atoms with E-state index in [-0.39, 0.29) is 30.1 Å². The number of hydrogen-bond acceptors (Lipinski definition) is 3. The molecule has 5 nitrogen and oxygen atoms in total. The summed E-state index contributed by atoms with van der Waals surface area (Å²) in [5, 5.41) is 2.91. The summed E-state index contributed by atoms with van der Waals surface area (Å²) in [6.07, 6.45) is 0.175. The molecule has 1 heterocycles. The van der Waals surface area contributed by atoms with Crippen molar-refractivity contribution >= 4 is 17.5 Å². The Labute approximate surface area is 151 Å². The van der Waals surface area contributed by atoms with Gasteiger partial charge in [0.15, 0.2) is 0 Å². The van der Waals surface area contributed by atoms with E-state index in [1.165, 1.54) is 12.1 Å². The second kappa shape index (κ2) is 7.56. The van der Waals surface area contributed by atoms with Gasteiger partial charge >= 0.3 is 0 Å². The van der Waals surface area contributed by atoms with Crippen LogP contribution in [0.2, 0.25) is 0 Å². The summed E-state index contributed by atoms with van der Waals surface area (Å²) in [4.78, 5) is 26.5. The largest absolute Gasteiger partial charge is 0.497 e. The predicted octanol–water partition coefficient (Wildman–Crippen LogP) is 3.06. The number of ether oxygens (including phenoxy) is 1. The van der Waals surface area contributed by atoms with E-state index in [2.05, 4.69) is 5.32 Å². The molecule has 2 aromatic rings. The van der Waals surface area contributed by atoms with Crippen molar-refractivity contribution in [2.24, 2.45) is 5.92 Å². The van der Waals surface area contributed by atoms with Crippen LogP contribution in [0, 0.1) is 11.7 Å². The highest BCUT2D eigenvalue weighted by Gasteiger charge is 2.35. The zero-order valence-electron chi connectivity index (χ0n) is 14.7. The van der Waals surface area contributed by atoms with Gasteiger partial charge < -0.3 is 15.0 Å². The number of methoxy groups -OCH3 is 1. The maximum atomic E-state index is 13.0. The fraction of sp³-hybridized carbons (Fsp3) is 0.300. The minimum atomic E-state index is -0.410. The molecular weight excluding hydrogens is 335 g/mol. The van der Waals surface area contributed by atoms with E-state index < -0.39 is 5.92 Å². The van der Waals surface area contributed by atoms with Gasteiger partial charge in [0.2, 0.25) is 11.8 Å². The summed E-state index contributed by atoms with van der Waals surface area (Å²) in [6.45, 7) is 2.18. The van der Waals surface area contributed by atoms with Crippen LogP contribution in [0.1, 0.15) is 24.9 Å². The standard InChI is InChI=1S/C20H21FN2O3/c1-13(14-3-5-16(21)6-4-14)22-20(25)15-11-19(24)23(12-15)17-7-9-18(26-2)10-8-17/h3-10,13,15H,11-12H2,1-2H3,(H,22,25)/t13-,15-/m1/s1. The van der Waals surface area contributed by atoms with Crippen LogP contribution in [0.25, 0.3) is 0 Å². The Morgan fingerprint density at radius 2 is 1.85 bits per heavy atom. The van der Waals surface area contributed by atoms with Crippen molar-refractivity contribution in [3.05, 3.63) is 59.9 Å². The quantitative estimate of drug-likeness (QED) is 0.896. The molecule has 3 rings (SSSR count). The Bertz CT molecular complexity index is 790. The van der Waals surface area contributed by atoms with E-state index in [1.807, 2.05) is 6.92 Å². The molecule has 1 aliphatic heterocycles. The molecular formula is C20H21FN2O3. The van der Waals surface area contributed by atoms with Crippen LogP contribution < -0.4 is 15.0 Å². The first kappa shape index (κ1) is 17.9. The Morgan fingerprint density at radius 3 is 2.46 bits per heavy atom. The van der Waals surface area contributed by atoms with Crippen molar-refractivity contribution in [1.29, 1.82) is 0 Å². The molecule has 1 saturated heterocycles. The monoisotopic (exact) mass is 356 g/mol. The molecule has 0 radical (unpaired) electrons. The molecule has 0 aromatic heterocycles. The topological polar surface area (TPSA) is 58.6 Å². The fourth-order valence-electron chi connectivity index (χ4n) is 3.06. The van der Waals surface area contributed by atoms with Gasteiger partial charge in [0.1, 0.15) is 11.6 Å². The second-order valence-electron chi connectivity index (χ2n) is 6.39. The lowest BCUT2D eigenvalue weighted by Crippen LogP contribution is -2.34. The van der Waals surface area contributed by atoms with Crippen molar-refractivity contribution in [2.45, 2.75) is 19.4 Å². The number of anilines is 1. The van der Waals surface area contributed by atoms with E-state index in [0.717, 1.165) is 11.3 Å². The normalized spacial score (nSPS) is 17.9. The third kappa shape index (κ3) is 3.85. The number of carbonyl (C=O) groups is 2. The molecule has 1 fully saturated rings. The lowest BCUT2D eigenvalue weighted by atomic mass is 10.0. The first-order valence-electron chi connectivity index (χ1n) is 8.48. The maximum Gasteiger partial charge on any atom is 0.227 e. The van der Waals surface area contributed by atoms with Crippen molar-refractivity contribution in [2.75, 3.05) is 18.6 Å². The van der Waals surface area contributed by atoms with E-state index in [9.17, 15) is 14.0 Å². The first-order chi connectivity index (χ1) is 12.5. The van der Waals surface area contributed by atoms with Gasteiger partial charge in [0.25, 0.3) is 0 Å². The number of carbonyl (C=O) groups excluding carboxylic acids is 2. The van der Waals surface area contributed by atoms with Crippen molar-refractivity contribution in [3.63, 3.8) is 0 Å². The van der Waals surface area contributed by atoms with Gasteiger partial charge in [-0.25, -0.2) is 4.39 Å². The highest BCUT2D eigenvalue weighted by atomic mass is 19.1. The maximum absolute atomic E-state index is 13.0. The van der Waals surface area contributed by atoms with Crippen LogP contribution in [0.15, 0.2) is 48.5 Å². The van der Waals surface area contributed by atoms with Gasteiger partial charge in [-0.3, -0.25) is 9.59 Å². The molecule has 1 N–H and O–H groups in total. The number of benzene rings is 2.